The zero-order chi connectivity index (χ0) is 34.3. The van der Waals surface area contributed by atoms with Gasteiger partial charge in [0.25, 0.3) is 0 Å². The molecule has 2 aromatic carbocycles. The standard InChI is InChI=1S/C32H35N4O8P.CH4O/c1-31(2)29(27(35-13-5-7-25(35)37)21-15-19(17-33)9-11-23(21)41-31)43-45(39,40)44-30-28(36-14-6-8-26(36)38)22-16-20(18-34)10-12-24(22)42-32(30,3)4;1-2/h9-12,15-16,27-30H,5-8,13-14H2,1-4H3,(H,39,40);2H,1H3. The van der Waals surface area contributed by atoms with Crippen LogP contribution < -0.4 is 9.47 Å². The fourth-order valence-corrected chi connectivity index (χ4v) is 8.29. The number of aliphatic hydroxyl groups is 1. The Kier molecular flexibility index (Phi) is 9.44. The predicted molar refractivity (Wildman–Crippen MR) is 167 cm³/mol. The average molecular weight is 667 g/mol. The van der Waals surface area contributed by atoms with Crippen molar-refractivity contribution >= 4 is 19.6 Å². The largest absolute Gasteiger partial charge is 0.485 e. The molecule has 0 aromatic heterocycles. The number of phosphoric ester groups is 1. The van der Waals surface area contributed by atoms with Gasteiger partial charge >= 0.3 is 7.82 Å². The van der Waals surface area contributed by atoms with E-state index in [1.807, 2.05) is 0 Å². The molecule has 4 unspecified atom stereocenters. The van der Waals surface area contributed by atoms with E-state index in [1.54, 1.807) is 73.9 Å². The summed E-state index contributed by atoms with van der Waals surface area (Å²) < 4.78 is 38.8. The highest BCUT2D eigenvalue weighted by molar-refractivity contribution is 7.47. The number of benzene rings is 2. The Balaban J connectivity index is 0.00000213. The van der Waals surface area contributed by atoms with Crippen molar-refractivity contribution in [3.05, 3.63) is 58.7 Å². The number of carbonyl (C=O) groups is 2. The highest BCUT2D eigenvalue weighted by atomic mass is 31.2. The molecule has 2 fully saturated rings. The summed E-state index contributed by atoms with van der Waals surface area (Å²) in [5.74, 6) is 0.591. The fraction of sp³-hybridized carbons (Fsp3) is 0.515. The maximum Gasteiger partial charge on any atom is 0.473 e. The zero-order valence-electron chi connectivity index (χ0n) is 27.0. The van der Waals surface area contributed by atoms with E-state index in [0.29, 0.717) is 72.5 Å². The minimum Gasteiger partial charge on any atom is -0.485 e. The molecule has 0 aliphatic carbocycles. The molecule has 13 nitrogen and oxygen atoms in total. The van der Waals surface area contributed by atoms with E-state index in [0.717, 1.165) is 7.11 Å². The van der Waals surface area contributed by atoms with Gasteiger partial charge in [-0.05, 0) is 76.9 Å². The van der Waals surface area contributed by atoms with Gasteiger partial charge in [0.1, 0.15) is 34.9 Å². The summed E-state index contributed by atoms with van der Waals surface area (Å²) in [4.78, 5) is 40.9. The Morgan fingerprint density at radius 1 is 0.787 bits per heavy atom. The number of hydrogen-bond acceptors (Lipinski definition) is 10. The minimum atomic E-state index is -5.01. The van der Waals surface area contributed by atoms with Gasteiger partial charge in [-0.15, -0.1) is 0 Å². The Labute approximate surface area is 273 Å². The van der Waals surface area contributed by atoms with Gasteiger partial charge in [0.15, 0.2) is 0 Å². The third kappa shape index (κ3) is 6.47. The van der Waals surface area contributed by atoms with Gasteiger partial charge in [-0.25, -0.2) is 4.57 Å². The summed E-state index contributed by atoms with van der Waals surface area (Å²) in [6.07, 6.45) is -0.536. The van der Waals surface area contributed by atoms with Crippen molar-refractivity contribution in [3.63, 3.8) is 0 Å². The molecular weight excluding hydrogens is 627 g/mol. The summed E-state index contributed by atoms with van der Waals surface area (Å²) in [5, 5.41) is 26.2. The van der Waals surface area contributed by atoms with Crippen molar-refractivity contribution in [3.8, 4) is 23.6 Å². The van der Waals surface area contributed by atoms with Crippen LogP contribution in [0.25, 0.3) is 0 Å². The first-order chi connectivity index (χ1) is 22.2. The van der Waals surface area contributed by atoms with Crippen LogP contribution in [0.4, 0.5) is 0 Å². The summed E-state index contributed by atoms with van der Waals surface area (Å²) in [6, 6.07) is 12.3. The number of carbonyl (C=O) groups excluding carboxylic acids is 2. The van der Waals surface area contributed by atoms with E-state index in [1.165, 1.54) is 0 Å². The topological polar surface area (TPSA) is 183 Å². The summed E-state index contributed by atoms with van der Waals surface area (Å²) in [5.41, 5.74) is -0.765. The number of phosphoric acid groups is 1. The normalized spacial score (nSPS) is 26.7. The van der Waals surface area contributed by atoms with Crippen LogP contribution in [0.15, 0.2) is 36.4 Å². The first-order valence-corrected chi connectivity index (χ1v) is 16.9. The summed E-state index contributed by atoms with van der Waals surface area (Å²) in [7, 11) is -4.01. The molecule has 4 aliphatic heterocycles. The van der Waals surface area contributed by atoms with Crippen LogP contribution in [-0.2, 0) is 23.2 Å². The lowest BCUT2D eigenvalue weighted by Gasteiger charge is -2.49. The molecule has 0 spiro atoms. The molecule has 2 N–H and O–H groups in total. The number of nitrogens with zero attached hydrogens (tertiary/aromatic N) is 4. The zero-order valence-corrected chi connectivity index (χ0v) is 27.9. The third-order valence-corrected chi connectivity index (χ3v) is 9.98. The van der Waals surface area contributed by atoms with Crippen LogP contribution in [0.5, 0.6) is 11.5 Å². The second-order valence-corrected chi connectivity index (χ2v) is 14.3. The van der Waals surface area contributed by atoms with Crippen LogP contribution in [0.1, 0.15) is 87.7 Å². The molecule has 4 atom stereocenters. The molecule has 250 valence electrons. The van der Waals surface area contributed by atoms with Crippen molar-refractivity contribution in [1.29, 1.82) is 10.5 Å². The smallest absolute Gasteiger partial charge is 0.473 e. The molecule has 0 saturated carbocycles. The lowest BCUT2D eigenvalue weighted by Crippen LogP contribution is -2.56. The van der Waals surface area contributed by atoms with Crippen molar-refractivity contribution in [2.24, 2.45) is 0 Å². The van der Waals surface area contributed by atoms with E-state index in [2.05, 4.69) is 12.1 Å². The van der Waals surface area contributed by atoms with Gasteiger partial charge in [-0.3, -0.25) is 18.6 Å². The van der Waals surface area contributed by atoms with Crippen molar-refractivity contribution in [2.45, 2.75) is 88.9 Å². The Morgan fingerprint density at radius 3 is 1.49 bits per heavy atom. The van der Waals surface area contributed by atoms with Gasteiger partial charge in [0.2, 0.25) is 11.8 Å². The second kappa shape index (κ2) is 12.9. The lowest BCUT2D eigenvalue weighted by atomic mass is 9.85. The van der Waals surface area contributed by atoms with Crippen molar-refractivity contribution in [2.75, 3.05) is 20.2 Å². The highest BCUT2D eigenvalue weighted by Gasteiger charge is 2.56. The molecule has 4 aliphatic rings. The summed E-state index contributed by atoms with van der Waals surface area (Å²) >= 11 is 0. The van der Waals surface area contributed by atoms with Crippen LogP contribution in [0.2, 0.25) is 0 Å². The number of likely N-dealkylation sites (tertiary alicyclic amines) is 2. The first-order valence-electron chi connectivity index (χ1n) is 15.4. The molecule has 14 heteroatoms. The molecule has 47 heavy (non-hydrogen) atoms. The maximum atomic E-state index is 14.2. The first kappa shape index (κ1) is 34.4. The number of amides is 2. The molecule has 4 heterocycles. The third-order valence-electron chi connectivity index (χ3n) is 8.99. The van der Waals surface area contributed by atoms with Gasteiger partial charge in [-0.1, -0.05) is 0 Å². The quantitative estimate of drug-likeness (QED) is 0.420. The maximum absolute atomic E-state index is 14.2. The molecule has 2 saturated heterocycles. The van der Waals surface area contributed by atoms with Crippen LogP contribution in [0.3, 0.4) is 0 Å². The Hall–Kier alpha value is -3.97. The highest BCUT2D eigenvalue weighted by Crippen LogP contribution is 2.58. The minimum absolute atomic E-state index is 0.146. The molecule has 0 radical (unpaired) electrons. The van der Waals surface area contributed by atoms with Gasteiger partial charge in [0.05, 0.1) is 35.3 Å². The van der Waals surface area contributed by atoms with Crippen LogP contribution >= 0.6 is 7.82 Å². The van der Waals surface area contributed by atoms with E-state index >= 15 is 0 Å². The van der Waals surface area contributed by atoms with Crippen molar-refractivity contribution < 1.29 is 42.7 Å². The Bertz CT molecular complexity index is 1580. The number of nitriles is 2. The predicted octanol–water partition coefficient (Wildman–Crippen LogP) is 4.28. The van der Waals surface area contributed by atoms with E-state index in [-0.39, 0.29) is 11.8 Å². The van der Waals surface area contributed by atoms with Crippen LogP contribution in [0, 0.1) is 22.7 Å². The SMILES string of the molecule is CC1(C)Oc2ccc(C#N)cc2C(N2CCCC2=O)C1OP(=O)(O)OC1C(N2CCCC2=O)c2cc(C#N)ccc2OC1(C)C.CO. The number of fused-ring (bicyclic) bond motifs is 2. The molecule has 2 amide bonds. The number of rotatable bonds is 6. The molecule has 6 rings (SSSR count). The van der Waals surface area contributed by atoms with Gasteiger partial charge < -0.3 is 29.3 Å². The van der Waals surface area contributed by atoms with Crippen molar-refractivity contribution in [1.82, 2.24) is 9.80 Å². The number of ether oxygens (including phenoxy) is 2. The second-order valence-electron chi connectivity index (χ2n) is 12.9. The van der Waals surface area contributed by atoms with E-state index in [9.17, 15) is 29.6 Å². The summed E-state index contributed by atoms with van der Waals surface area (Å²) in [6.45, 7) is 7.59. The number of aliphatic hydroxyl groups excluding tert-OH is 1. The van der Waals surface area contributed by atoms with Gasteiger partial charge in [-0.2, -0.15) is 10.5 Å². The van der Waals surface area contributed by atoms with Gasteiger partial charge in [0, 0.05) is 44.2 Å². The van der Waals surface area contributed by atoms with E-state index in [4.69, 9.17) is 23.6 Å². The van der Waals surface area contributed by atoms with Crippen LogP contribution in [-0.4, -0.2) is 75.2 Å². The lowest BCUT2D eigenvalue weighted by molar-refractivity contribution is -0.144. The molecule has 0 bridgehead atoms. The molecular formula is C33H39N4O9P. The molecule has 2 aromatic rings. The Morgan fingerprint density at radius 2 is 1.17 bits per heavy atom. The fourth-order valence-electron chi connectivity index (χ4n) is 6.92. The average Bonchev–Trinajstić information content (AvgIpc) is 3.65. The van der Waals surface area contributed by atoms with E-state index < -0.39 is 43.3 Å². The monoisotopic (exact) mass is 666 g/mol. The number of hydrogen-bond donors (Lipinski definition) is 2.